The van der Waals surface area contributed by atoms with Gasteiger partial charge in [0.05, 0.1) is 6.54 Å². The quantitative estimate of drug-likeness (QED) is 0.360. The van der Waals surface area contributed by atoms with Crippen LogP contribution in [0.1, 0.15) is 45.5 Å². The normalized spacial score (nSPS) is 19.2. The number of carbonyl (C=O) groups is 2. The van der Waals surface area contributed by atoms with Crippen molar-refractivity contribution in [2.75, 3.05) is 13.1 Å². The van der Waals surface area contributed by atoms with Gasteiger partial charge in [0.25, 0.3) is 5.91 Å². The third kappa shape index (κ3) is 5.94. The van der Waals surface area contributed by atoms with E-state index >= 15 is 0 Å². The molecule has 204 valence electrons. The Bertz CT molecular complexity index is 1290. The van der Waals surface area contributed by atoms with Gasteiger partial charge < -0.3 is 10.6 Å². The number of rotatable bonds is 6. The molecule has 0 saturated heterocycles. The van der Waals surface area contributed by atoms with Gasteiger partial charge in [0.15, 0.2) is 0 Å². The summed E-state index contributed by atoms with van der Waals surface area (Å²) in [7, 11) is 0. The van der Waals surface area contributed by atoms with Crippen LogP contribution in [-0.4, -0.2) is 37.3 Å². The summed E-state index contributed by atoms with van der Waals surface area (Å²) in [5.41, 5.74) is 2.63. The summed E-state index contributed by atoms with van der Waals surface area (Å²) < 4.78 is 77.9. The number of allylic oxidation sites excluding steroid dienone is 1. The molecule has 0 radical (unpaired) electrons. The topological polar surface area (TPSA) is 58.2 Å². The summed E-state index contributed by atoms with van der Waals surface area (Å²) in [4.78, 5) is 24.4. The van der Waals surface area contributed by atoms with Crippen molar-refractivity contribution in [3.63, 3.8) is 0 Å². The zero-order valence-corrected chi connectivity index (χ0v) is 21.8. The maximum absolute atomic E-state index is 14.5. The van der Waals surface area contributed by atoms with Crippen molar-refractivity contribution >= 4 is 52.4 Å². The monoisotopic (exact) mass is 596 g/mol. The van der Waals surface area contributed by atoms with Crippen LogP contribution in [0.3, 0.4) is 0 Å². The van der Waals surface area contributed by atoms with Crippen molar-refractivity contribution in [1.29, 1.82) is 0 Å². The number of carbonyl (C=O) groups excluding carboxylic acids is 2. The molecule has 1 aliphatic carbocycles. The smallest absolute Gasteiger partial charge is 0.345 e. The molecule has 2 aromatic carbocycles. The molecule has 2 N–H and O–H groups in total. The molecule has 0 spiro atoms. The van der Waals surface area contributed by atoms with Gasteiger partial charge in [-0.05, 0) is 76.8 Å². The molecular weight excluding hydrogens is 577 g/mol. The van der Waals surface area contributed by atoms with E-state index in [-0.39, 0.29) is 27.6 Å². The van der Waals surface area contributed by atoms with E-state index in [4.69, 9.17) is 23.2 Å². The van der Waals surface area contributed by atoms with Crippen molar-refractivity contribution in [2.45, 2.75) is 42.8 Å². The van der Waals surface area contributed by atoms with Crippen LogP contribution in [0, 0.1) is 0 Å². The van der Waals surface area contributed by atoms with Crippen LogP contribution in [0.5, 0.6) is 0 Å². The van der Waals surface area contributed by atoms with E-state index in [2.05, 4.69) is 5.32 Å². The van der Waals surface area contributed by atoms with E-state index in [1.165, 1.54) is 29.7 Å². The fourth-order valence-corrected chi connectivity index (χ4v) is 6.41. The first kappa shape index (κ1) is 28.6. The molecule has 2 amide bonds. The molecule has 38 heavy (non-hydrogen) atoms. The van der Waals surface area contributed by atoms with Crippen LogP contribution < -0.4 is 10.6 Å². The predicted molar refractivity (Wildman–Crippen MR) is 134 cm³/mol. The van der Waals surface area contributed by atoms with Crippen LogP contribution in [0.15, 0.2) is 35.7 Å². The minimum absolute atomic E-state index is 0.0600. The van der Waals surface area contributed by atoms with E-state index in [0.717, 1.165) is 5.56 Å². The molecule has 2 aromatic rings. The number of hydrogen-bond donors (Lipinski definition) is 2. The van der Waals surface area contributed by atoms with Gasteiger partial charge in [-0.3, -0.25) is 9.59 Å². The number of halogens is 8. The maximum atomic E-state index is 14.5. The minimum atomic E-state index is -4.63. The number of nitrogens with one attached hydrogen (secondary N) is 2. The van der Waals surface area contributed by atoms with Gasteiger partial charge in [0.1, 0.15) is 11.3 Å². The van der Waals surface area contributed by atoms with Crippen LogP contribution in [0.2, 0.25) is 10.0 Å². The first-order valence-electron chi connectivity index (χ1n) is 11.4. The second-order valence-electron chi connectivity index (χ2n) is 8.97. The van der Waals surface area contributed by atoms with Gasteiger partial charge in [-0.1, -0.05) is 29.3 Å². The van der Waals surface area contributed by atoms with E-state index < -0.39 is 42.0 Å². The molecule has 4 rings (SSSR count). The lowest BCUT2D eigenvalue weighted by Gasteiger charge is -2.32. The molecule has 4 nitrogen and oxygen atoms in total. The van der Waals surface area contributed by atoms with Gasteiger partial charge in [-0.2, -0.15) is 26.3 Å². The van der Waals surface area contributed by atoms with E-state index in [9.17, 15) is 35.9 Å². The number of benzene rings is 2. The molecule has 13 heteroatoms. The van der Waals surface area contributed by atoms with Crippen molar-refractivity contribution in [3.8, 4) is 0 Å². The van der Waals surface area contributed by atoms with Gasteiger partial charge in [-0.15, -0.1) is 11.8 Å². The van der Waals surface area contributed by atoms with E-state index in [0.29, 0.717) is 47.7 Å². The Morgan fingerprint density at radius 1 is 0.947 bits per heavy atom. The van der Waals surface area contributed by atoms with E-state index in [1.807, 2.05) is 0 Å². The molecular formula is C25H20Cl2F6N2O2S. The largest absolute Gasteiger partial charge is 0.407 e. The first-order valence-corrected chi connectivity index (χ1v) is 13.0. The van der Waals surface area contributed by atoms with E-state index in [1.54, 1.807) is 11.4 Å². The lowest BCUT2D eigenvalue weighted by molar-refractivity contribution is -0.160. The summed E-state index contributed by atoms with van der Waals surface area (Å²) in [6.07, 6.45) is -7.85. The molecule has 0 fully saturated rings. The number of thioether (sulfide) groups is 1. The van der Waals surface area contributed by atoms with Crippen LogP contribution in [0.4, 0.5) is 26.3 Å². The summed E-state index contributed by atoms with van der Waals surface area (Å²) in [5, 5.41) is 5.63. The first-order chi connectivity index (χ1) is 17.7. The third-order valence-electron chi connectivity index (χ3n) is 6.40. The van der Waals surface area contributed by atoms with Gasteiger partial charge in [0, 0.05) is 22.0 Å². The summed E-state index contributed by atoms with van der Waals surface area (Å²) in [6.45, 7) is -2.16. The minimum Gasteiger partial charge on any atom is -0.345 e. The molecule has 0 saturated carbocycles. The Labute approximate surface area is 228 Å². The van der Waals surface area contributed by atoms with Crippen molar-refractivity contribution < 1.29 is 35.9 Å². The molecule has 0 aromatic heterocycles. The van der Waals surface area contributed by atoms with Crippen molar-refractivity contribution in [3.05, 3.63) is 73.6 Å². The Morgan fingerprint density at radius 2 is 1.61 bits per heavy atom. The van der Waals surface area contributed by atoms with Crippen LogP contribution in [-0.2, 0) is 22.4 Å². The highest BCUT2D eigenvalue weighted by Crippen LogP contribution is 2.60. The highest BCUT2D eigenvalue weighted by molar-refractivity contribution is 8.03. The number of hydrogen-bond acceptors (Lipinski definition) is 3. The zero-order chi connectivity index (χ0) is 27.9. The summed E-state index contributed by atoms with van der Waals surface area (Å²) in [6, 6.07) is 6.92. The lowest BCUT2D eigenvalue weighted by Crippen LogP contribution is -2.41. The zero-order valence-electron chi connectivity index (χ0n) is 19.5. The van der Waals surface area contributed by atoms with Gasteiger partial charge >= 0.3 is 12.4 Å². The van der Waals surface area contributed by atoms with Crippen LogP contribution in [0.25, 0.3) is 5.57 Å². The number of fused-ring (bicyclic) bond motifs is 1. The predicted octanol–water partition coefficient (Wildman–Crippen LogP) is 6.83. The molecule has 0 bridgehead atoms. The van der Waals surface area contributed by atoms with Gasteiger partial charge in [-0.25, -0.2) is 0 Å². The molecule has 2 aliphatic rings. The fraction of sp³-hybridized carbons (Fsp3) is 0.360. The number of amides is 2. The Balaban J connectivity index is 1.56. The average Bonchev–Trinajstić information content (AvgIpc) is 3.48. The molecule has 1 heterocycles. The highest BCUT2D eigenvalue weighted by Gasteiger charge is 2.58. The number of alkyl halides is 6. The molecule has 1 atom stereocenters. The lowest BCUT2D eigenvalue weighted by atomic mass is 9.85. The maximum Gasteiger partial charge on any atom is 0.407 e. The average molecular weight is 597 g/mol. The summed E-state index contributed by atoms with van der Waals surface area (Å²) >= 11 is 12.7. The molecule has 1 unspecified atom stereocenters. The molecule has 1 aliphatic heterocycles. The standard InChI is InChI=1S/C25H20Cl2F6N2O2S/c26-15-6-14(7-16(27)8-15)23(25(31,32)33)9-13(11-38-23)17-4-5-20(19-3-1-2-18(17)19)22(37)34-10-21(36)35-12-24(28,29)30/h4-8,11H,1-3,9-10,12H2,(H,34,37)(H,35,36). The Hall–Kier alpha value is -2.37. The second kappa shape index (κ2) is 10.7. The Kier molecular flexibility index (Phi) is 8.03. The third-order valence-corrected chi connectivity index (χ3v) is 8.25. The van der Waals surface area contributed by atoms with Crippen molar-refractivity contribution in [1.82, 2.24) is 10.6 Å². The second-order valence-corrected chi connectivity index (χ2v) is 11.0. The highest BCUT2D eigenvalue weighted by atomic mass is 35.5. The Morgan fingerprint density at radius 3 is 2.24 bits per heavy atom. The fourth-order valence-electron chi connectivity index (χ4n) is 4.71. The van der Waals surface area contributed by atoms with Crippen molar-refractivity contribution in [2.24, 2.45) is 0 Å². The van der Waals surface area contributed by atoms with Crippen LogP contribution >= 0.6 is 35.0 Å². The summed E-state index contributed by atoms with van der Waals surface area (Å²) in [5.74, 6) is -1.65. The van der Waals surface area contributed by atoms with Gasteiger partial charge in [0.2, 0.25) is 5.91 Å². The SMILES string of the molecule is O=C(CNC(=O)c1ccc(C2=CSC(c3cc(Cl)cc(Cl)c3)(C(F)(F)F)C2)c2c1CCC2)NCC(F)(F)F.